The summed E-state index contributed by atoms with van der Waals surface area (Å²) in [6, 6.07) is 6.93. The molecule has 1 aromatic carbocycles. The molecule has 1 saturated heterocycles. The van der Waals surface area contributed by atoms with E-state index in [-0.39, 0.29) is 16.0 Å². The summed E-state index contributed by atoms with van der Waals surface area (Å²) in [5.74, 6) is -3.21. The van der Waals surface area contributed by atoms with Crippen LogP contribution in [0, 0.1) is 22.2 Å². The van der Waals surface area contributed by atoms with Crippen molar-refractivity contribution in [3.63, 3.8) is 0 Å². The van der Waals surface area contributed by atoms with E-state index in [4.69, 9.17) is 0 Å². The molecule has 1 fully saturated rings. The summed E-state index contributed by atoms with van der Waals surface area (Å²) in [7, 11) is 0. The standard InChI is InChI=1S/C26H33F6NO/c1-20(2,3)16-17(21(4,5)6)23(22(7,8)9)18(16)24(25(27,28)29,26(30,31)32)33(23)19(34)15-13-11-10-12-14-15/h10-14,18H,1-9H3/t18-,23+/m0/s1. The van der Waals surface area contributed by atoms with Crippen LogP contribution in [-0.4, -0.2) is 34.2 Å². The van der Waals surface area contributed by atoms with Gasteiger partial charge in [0.2, 0.25) is 5.54 Å². The maximum atomic E-state index is 14.8. The smallest absolute Gasteiger partial charge is 0.305 e. The lowest BCUT2D eigenvalue weighted by Crippen LogP contribution is -2.97. The number of rotatable bonds is 1. The van der Waals surface area contributed by atoms with Gasteiger partial charge in [0, 0.05) is 5.56 Å². The van der Waals surface area contributed by atoms with Crippen molar-refractivity contribution in [2.75, 3.05) is 0 Å². The molecular weight excluding hydrogens is 456 g/mol. The van der Waals surface area contributed by atoms with Gasteiger partial charge in [-0.1, -0.05) is 86.1 Å². The molecule has 1 aliphatic heterocycles. The predicted octanol–water partition coefficient (Wildman–Crippen LogP) is 7.81. The van der Waals surface area contributed by atoms with E-state index in [9.17, 15) is 31.1 Å². The van der Waals surface area contributed by atoms with E-state index in [1.54, 1.807) is 68.4 Å². The number of nitrogens with zero attached hydrogens (tertiary/aromatic N) is 1. The van der Waals surface area contributed by atoms with Crippen molar-refractivity contribution >= 4 is 5.91 Å². The van der Waals surface area contributed by atoms with Gasteiger partial charge in [0.25, 0.3) is 5.91 Å². The van der Waals surface area contributed by atoms with Crippen molar-refractivity contribution in [3.05, 3.63) is 47.0 Å². The van der Waals surface area contributed by atoms with E-state index in [1.165, 1.54) is 24.3 Å². The largest absolute Gasteiger partial charge is 0.421 e. The molecule has 2 aliphatic rings. The van der Waals surface area contributed by atoms with Crippen LogP contribution in [0.15, 0.2) is 41.5 Å². The van der Waals surface area contributed by atoms with Gasteiger partial charge in [-0.15, -0.1) is 0 Å². The molecule has 1 aliphatic carbocycles. The van der Waals surface area contributed by atoms with Crippen molar-refractivity contribution in [3.8, 4) is 0 Å². The highest BCUT2D eigenvalue weighted by Crippen LogP contribution is 2.80. The Hall–Kier alpha value is -1.99. The fourth-order valence-corrected chi connectivity index (χ4v) is 6.42. The molecule has 1 heterocycles. The molecule has 1 aromatic rings. The Labute approximate surface area is 197 Å². The zero-order valence-electron chi connectivity index (χ0n) is 21.1. The molecular formula is C26H33F6NO. The molecule has 190 valence electrons. The first kappa shape index (κ1) is 26.6. The number of alkyl halides is 6. The Balaban J connectivity index is 2.56. The molecule has 0 saturated carbocycles. The van der Waals surface area contributed by atoms with Gasteiger partial charge in [0.1, 0.15) is 0 Å². The van der Waals surface area contributed by atoms with Crippen LogP contribution in [0.3, 0.4) is 0 Å². The Morgan fingerprint density at radius 2 is 1.21 bits per heavy atom. The lowest BCUT2D eigenvalue weighted by Gasteiger charge is -2.82. The topological polar surface area (TPSA) is 20.3 Å². The van der Waals surface area contributed by atoms with Gasteiger partial charge in [0.05, 0.1) is 11.5 Å². The second-order valence-corrected chi connectivity index (χ2v) is 12.5. The average Bonchev–Trinajstić information content (AvgIpc) is 2.56. The molecule has 34 heavy (non-hydrogen) atoms. The van der Waals surface area contributed by atoms with Crippen LogP contribution in [0.4, 0.5) is 26.3 Å². The number of hydrogen-bond donors (Lipinski definition) is 0. The molecule has 8 heteroatoms. The first-order chi connectivity index (χ1) is 15.0. The van der Waals surface area contributed by atoms with Crippen molar-refractivity contribution in [1.29, 1.82) is 0 Å². The molecule has 1 amide bonds. The molecule has 3 rings (SSSR count). The molecule has 0 unspecified atom stereocenters. The SMILES string of the molecule is CC(C)(C)C1=C(C(C)(C)C)[C@]2(C(C)(C)C)[C@H]1C(C(F)(F)F)(C(F)(F)F)N2C(=O)c1ccccc1. The molecule has 0 bridgehead atoms. The summed E-state index contributed by atoms with van der Waals surface area (Å²) in [6.45, 7) is 15.1. The van der Waals surface area contributed by atoms with Crippen molar-refractivity contribution < 1.29 is 31.1 Å². The number of carbonyl (C=O) groups excluding carboxylic acids is 1. The fourth-order valence-electron chi connectivity index (χ4n) is 6.42. The summed E-state index contributed by atoms with van der Waals surface area (Å²) in [6.07, 6.45) is -11.5. The fraction of sp³-hybridized carbons (Fsp3) is 0.654. The molecule has 0 aromatic heterocycles. The monoisotopic (exact) mass is 489 g/mol. The summed E-state index contributed by atoms with van der Waals surface area (Å²) in [4.78, 5) is 13.9. The van der Waals surface area contributed by atoms with Crippen LogP contribution in [0.2, 0.25) is 0 Å². The van der Waals surface area contributed by atoms with Crippen LogP contribution in [0.25, 0.3) is 0 Å². The summed E-state index contributed by atoms with van der Waals surface area (Å²) in [5, 5.41) is 0. The van der Waals surface area contributed by atoms with Gasteiger partial charge in [0.15, 0.2) is 0 Å². The van der Waals surface area contributed by atoms with E-state index >= 15 is 0 Å². The van der Waals surface area contributed by atoms with E-state index in [1.807, 2.05) is 0 Å². The van der Waals surface area contributed by atoms with Crippen LogP contribution in [-0.2, 0) is 0 Å². The van der Waals surface area contributed by atoms with Crippen LogP contribution >= 0.6 is 0 Å². The van der Waals surface area contributed by atoms with Gasteiger partial charge in [-0.2, -0.15) is 26.3 Å². The van der Waals surface area contributed by atoms with Crippen LogP contribution < -0.4 is 0 Å². The van der Waals surface area contributed by atoms with Gasteiger partial charge >= 0.3 is 12.4 Å². The highest BCUT2D eigenvalue weighted by atomic mass is 19.4. The highest BCUT2D eigenvalue weighted by molar-refractivity contribution is 5.98. The van der Waals surface area contributed by atoms with E-state index < -0.39 is 51.5 Å². The van der Waals surface area contributed by atoms with Crippen molar-refractivity contribution in [1.82, 2.24) is 4.90 Å². The minimum atomic E-state index is -5.74. The Morgan fingerprint density at radius 1 is 0.765 bits per heavy atom. The third-order valence-electron chi connectivity index (χ3n) is 7.27. The van der Waals surface area contributed by atoms with Gasteiger partial charge in [-0.05, 0) is 34.0 Å². The van der Waals surface area contributed by atoms with Crippen LogP contribution in [0.5, 0.6) is 0 Å². The lowest BCUT2D eigenvalue weighted by atomic mass is 9.33. The summed E-state index contributed by atoms with van der Waals surface area (Å²) in [5.41, 5.74) is -8.51. The number of amides is 1. The third-order valence-corrected chi connectivity index (χ3v) is 7.27. The highest BCUT2D eigenvalue weighted by Gasteiger charge is 2.96. The second-order valence-electron chi connectivity index (χ2n) is 12.5. The van der Waals surface area contributed by atoms with E-state index in [2.05, 4.69) is 0 Å². The van der Waals surface area contributed by atoms with Crippen molar-refractivity contribution in [2.45, 2.75) is 85.7 Å². The number of hydrogen-bond acceptors (Lipinski definition) is 1. The average molecular weight is 490 g/mol. The van der Waals surface area contributed by atoms with Gasteiger partial charge in [-0.3, -0.25) is 4.79 Å². The Morgan fingerprint density at radius 3 is 1.53 bits per heavy atom. The Kier molecular flexibility index (Phi) is 5.51. The molecule has 0 radical (unpaired) electrons. The molecule has 2 atom stereocenters. The number of likely N-dealkylation sites (tertiary alicyclic amines) is 1. The minimum Gasteiger partial charge on any atom is -0.305 e. The van der Waals surface area contributed by atoms with E-state index in [0.29, 0.717) is 5.57 Å². The number of benzene rings is 1. The quantitative estimate of drug-likeness (QED) is 0.291. The zero-order valence-corrected chi connectivity index (χ0v) is 21.1. The normalized spacial score (nSPS) is 25.5. The summed E-state index contributed by atoms with van der Waals surface area (Å²) >= 11 is 0. The number of fused-ring (bicyclic) bond motifs is 1. The summed E-state index contributed by atoms with van der Waals surface area (Å²) < 4.78 is 89.1. The number of carbonyl (C=O) groups is 1. The molecule has 0 N–H and O–H groups in total. The first-order valence-corrected chi connectivity index (χ1v) is 11.3. The first-order valence-electron chi connectivity index (χ1n) is 11.3. The van der Waals surface area contributed by atoms with Crippen LogP contribution in [0.1, 0.15) is 72.7 Å². The molecule has 0 spiro atoms. The second kappa shape index (κ2) is 7.03. The predicted molar refractivity (Wildman–Crippen MR) is 119 cm³/mol. The number of halogens is 6. The van der Waals surface area contributed by atoms with Gasteiger partial charge < -0.3 is 4.90 Å². The zero-order chi connectivity index (χ0) is 26.5. The van der Waals surface area contributed by atoms with Gasteiger partial charge in [-0.25, -0.2) is 0 Å². The minimum absolute atomic E-state index is 0.140. The Bertz CT molecular complexity index is 1000. The maximum absolute atomic E-state index is 14.8. The maximum Gasteiger partial charge on any atom is 0.421 e. The lowest BCUT2D eigenvalue weighted by molar-refractivity contribution is -0.423. The third kappa shape index (κ3) is 3.05. The molecule has 2 nitrogen and oxygen atoms in total. The van der Waals surface area contributed by atoms with Crippen molar-refractivity contribution in [2.24, 2.45) is 22.2 Å². The van der Waals surface area contributed by atoms with E-state index in [0.717, 1.165) is 0 Å².